The molecule has 2 aliphatic rings. The maximum atomic E-state index is 2.47. The smallest absolute Gasteiger partial charge is 0.0159 e. The highest BCUT2D eigenvalue weighted by molar-refractivity contribution is 6.21. The van der Waals surface area contributed by atoms with Crippen LogP contribution in [0, 0.1) is 0 Å². The molecule has 0 atom stereocenters. The summed E-state index contributed by atoms with van der Waals surface area (Å²) in [5.74, 6) is 0. The summed E-state index contributed by atoms with van der Waals surface area (Å²) < 4.78 is 0. The number of hydrogen-bond acceptors (Lipinski definition) is 0. The Balaban J connectivity index is 1.09. The summed E-state index contributed by atoms with van der Waals surface area (Å²) in [6.07, 6.45) is 0. The molecule has 0 bridgehead atoms. The van der Waals surface area contributed by atoms with Crippen molar-refractivity contribution in [2.24, 2.45) is 0 Å². The van der Waals surface area contributed by atoms with Gasteiger partial charge in [-0.3, -0.25) is 0 Å². The highest BCUT2D eigenvalue weighted by Gasteiger charge is 2.37. The van der Waals surface area contributed by atoms with E-state index in [0.717, 1.165) is 0 Å². The number of rotatable bonds is 3. The van der Waals surface area contributed by atoms with Crippen molar-refractivity contribution in [3.8, 4) is 55.6 Å². The van der Waals surface area contributed by atoms with Crippen LogP contribution in [0.15, 0.2) is 170 Å². The summed E-state index contributed by atoms with van der Waals surface area (Å²) in [7, 11) is 0. The van der Waals surface area contributed by atoms with E-state index >= 15 is 0 Å². The van der Waals surface area contributed by atoms with Crippen molar-refractivity contribution in [2.75, 3.05) is 0 Å². The van der Waals surface area contributed by atoms with Crippen molar-refractivity contribution in [1.82, 2.24) is 0 Å². The Morgan fingerprint density at radius 1 is 0.278 bits per heavy atom. The lowest BCUT2D eigenvalue weighted by atomic mass is 9.80. The Hall–Kier alpha value is -6.24. The standard InChI is InChI=1S/C54H40/c1-53(2)47-28-26-35(31-45(47)52-38-17-6-5-14-33(38)25-29-48(52)53)34-15-13-16-36(30-34)50-41-19-7-9-21-43(41)51(44-22-10-8-20-42(44)50)37-24-27-40-39-18-11-12-23-46(39)54(3,4)49(40)32-37/h5-32H,1-4H3. The number of hydrogen-bond donors (Lipinski definition) is 0. The van der Waals surface area contributed by atoms with E-state index in [1.807, 2.05) is 0 Å². The van der Waals surface area contributed by atoms with E-state index in [0.29, 0.717) is 0 Å². The largest absolute Gasteiger partial charge is 0.0619 e. The maximum Gasteiger partial charge on any atom is 0.0159 e. The minimum absolute atomic E-state index is 0.0484. The Morgan fingerprint density at radius 3 is 1.50 bits per heavy atom. The molecule has 0 fully saturated rings. The van der Waals surface area contributed by atoms with Gasteiger partial charge in [-0.15, -0.1) is 0 Å². The quantitative estimate of drug-likeness (QED) is 0.162. The third kappa shape index (κ3) is 4.26. The molecule has 11 rings (SSSR count). The fourth-order valence-corrected chi connectivity index (χ4v) is 10.2. The summed E-state index contributed by atoms with van der Waals surface area (Å²) >= 11 is 0. The van der Waals surface area contributed by atoms with Crippen LogP contribution in [-0.2, 0) is 10.8 Å². The van der Waals surface area contributed by atoms with Gasteiger partial charge in [0.05, 0.1) is 0 Å². The van der Waals surface area contributed by atoms with Gasteiger partial charge in [-0.05, 0) is 128 Å². The second-order valence-electron chi connectivity index (χ2n) is 16.4. The average Bonchev–Trinajstić information content (AvgIpc) is 3.59. The monoisotopic (exact) mass is 688 g/mol. The molecule has 54 heavy (non-hydrogen) atoms. The molecule has 0 nitrogen and oxygen atoms in total. The average molecular weight is 689 g/mol. The normalized spacial score (nSPS) is 14.6. The van der Waals surface area contributed by atoms with Crippen molar-refractivity contribution >= 4 is 32.3 Å². The summed E-state index contributed by atoms with van der Waals surface area (Å²) in [4.78, 5) is 0. The summed E-state index contributed by atoms with van der Waals surface area (Å²) in [5, 5.41) is 7.76. The predicted octanol–water partition coefficient (Wildman–Crippen LogP) is 14.8. The van der Waals surface area contributed by atoms with E-state index in [4.69, 9.17) is 0 Å². The van der Waals surface area contributed by atoms with Crippen LogP contribution >= 0.6 is 0 Å². The molecule has 0 aromatic heterocycles. The van der Waals surface area contributed by atoms with E-state index in [-0.39, 0.29) is 10.8 Å². The third-order valence-corrected chi connectivity index (χ3v) is 12.9. The van der Waals surface area contributed by atoms with Gasteiger partial charge in [0.2, 0.25) is 0 Å². The molecule has 0 heterocycles. The Bertz CT molecular complexity index is 2990. The molecule has 0 saturated carbocycles. The van der Waals surface area contributed by atoms with E-state index in [1.54, 1.807) is 0 Å². The number of fused-ring (bicyclic) bond motifs is 10. The van der Waals surface area contributed by atoms with Crippen LogP contribution in [0.2, 0.25) is 0 Å². The molecular weight excluding hydrogens is 649 g/mol. The molecular formula is C54H40. The van der Waals surface area contributed by atoms with Gasteiger partial charge in [0, 0.05) is 10.8 Å². The lowest BCUT2D eigenvalue weighted by Crippen LogP contribution is -2.14. The molecule has 0 heteroatoms. The highest BCUT2D eigenvalue weighted by Crippen LogP contribution is 2.53. The Kier molecular flexibility index (Phi) is 6.46. The first-order valence-corrected chi connectivity index (χ1v) is 19.3. The zero-order valence-electron chi connectivity index (χ0n) is 31.2. The van der Waals surface area contributed by atoms with Gasteiger partial charge in [-0.25, -0.2) is 0 Å². The molecule has 0 aliphatic heterocycles. The first-order chi connectivity index (χ1) is 26.3. The lowest BCUT2D eigenvalue weighted by Gasteiger charge is -2.23. The van der Waals surface area contributed by atoms with E-state index in [1.165, 1.54) is 110 Å². The van der Waals surface area contributed by atoms with E-state index in [2.05, 4.69) is 198 Å². The van der Waals surface area contributed by atoms with Crippen molar-refractivity contribution in [2.45, 2.75) is 38.5 Å². The topological polar surface area (TPSA) is 0 Å². The second kappa shape index (κ2) is 11.1. The molecule has 0 spiro atoms. The zero-order chi connectivity index (χ0) is 36.3. The van der Waals surface area contributed by atoms with Gasteiger partial charge in [-0.2, -0.15) is 0 Å². The molecule has 0 saturated heterocycles. The van der Waals surface area contributed by atoms with Gasteiger partial charge >= 0.3 is 0 Å². The second-order valence-corrected chi connectivity index (χ2v) is 16.4. The molecule has 9 aromatic carbocycles. The Labute approximate surface area is 317 Å². The van der Waals surface area contributed by atoms with Gasteiger partial charge in [0.25, 0.3) is 0 Å². The fourth-order valence-electron chi connectivity index (χ4n) is 10.2. The van der Waals surface area contributed by atoms with Gasteiger partial charge in [0.1, 0.15) is 0 Å². The van der Waals surface area contributed by atoms with Gasteiger partial charge < -0.3 is 0 Å². The zero-order valence-corrected chi connectivity index (χ0v) is 31.2. The van der Waals surface area contributed by atoms with Crippen LogP contribution in [0.5, 0.6) is 0 Å². The fraction of sp³-hybridized carbons (Fsp3) is 0.111. The van der Waals surface area contributed by atoms with E-state index < -0.39 is 0 Å². The molecule has 2 aliphatic carbocycles. The minimum Gasteiger partial charge on any atom is -0.0619 e. The molecule has 0 unspecified atom stereocenters. The van der Waals surface area contributed by atoms with Crippen LogP contribution in [0.4, 0.5) is 0 Å². The molecule has 0 amide bonds. The molecule has 0 N–H and O–H groups in total. The van der Waals surface area contributed by atoms with Crippen molar-refractivity contribution in [1.29, 1.82) is 0 Å². The highest BCUT2D eigenvalue weighted by atomic mass is 14.4. The van der Waals surface area contributed by atoms with E-state index in [9.17, 15) is 0 Å². The van der Waals surface area contributed by atoms with Crippen molar-refractivity contribution in [3.05, 3.63) is 192 Å². The molecule has 0 radical (unpaired) electrons. The lowest BCUT2D eigenvalue weighted by molar-refractivity contribution is 0.660. The van der Waals surface area contributed by atoms with Crippen LogP contribution in [0.3, 0.4) is 0 Å². The Morgan fingerprint density at radius 2 is 0.778 bits per heavy atom. The maximum absolute atomic E-state index is 2.47. The summed E-state index contributed by atoms with van der Waals surface area (Å²) in [6.45, 7) is 9.48. The van der Waals surface area contributed by atoms with Gasteiger partial charge in [0.15, 0.2) is 0 Å². The van der Waals surface area contributed by atoms with Crippen molar-refractivity contribution in [3.63, 3.8) is 0 Å². The number of benzene rings is 9. The summed E-state index contributed by atoms with van der Waals surface area (Å²) in [6, 6.07) is 64.0. The van der Waals surface area contributed by atoms with Crippen LogP contribution in [0.1, 0.15) is 49.9 Å². The SMILES string of the molecule is CC1(C)c2ccccc2-c2ccc(-c3c4ccccc4c(-c4cccc(-c5ccc6c(c5)-c5c(ccc7ccccc57)C6(C)C)c4)c4ccccc34)cc21. The van der Waals surface area contributed by atoms with Gasteiger partial charge in [-0.1, -0.05) is 179 Å². The summed E-state index contributed by atoms with van der Waals surface area (Å²) in [5.41, 5.74) is 18.6. The first kappa shape index (κ1) is 31.3. The minimum atomic E-state index is -0.0591. The van der Waals surface area contributed by atoms with Crippen LogP contribution in [-0.4, -0.2) is 0 Å². The third-order valence-electron chi connectivity index (χ3n) is 12.9. The predicted molar refractivity (Wildman–Crippen MR) is 230 cm³/mol. The van der Waals surface area contributed by atoms with Crippen LogP contribution < -0.4 is 0 Å². The molecule has 9 aromatic rings. The molecule has 256 valence electrons. The van der Waals surface area contributed by atoms with Crippen LogP contribution in [0.25, 0.3) is 88.0 Å². The van der Waals surface area contributed by atoms with Crippen molar-refractivity contribution < 1.29 is 0 Å². The first-order valence-electron chi connectivity index (χ1n) is 19.3.